The van der Waals surface area contributed by atoms with E-state index in [0.29, 0.717) is 25.1 Å². The molecule has 23 heavy (non-hydrogen) atoms. The van der Waals surface area contributed by atoms with Gasteiger partial charge in [-0.3, -0.25) is 9.59 Å². The standard InChI is InChI=1S/C19H18N2O2/c22-17-9-10-19(20-17)12-21(13-19)18(23)16-8-4-7-15(11-16)14-5-2-1-3-6-14/h1-8,11H,9-10,12-13H2,(H,20,22). The predicted octanol–water partition coefficient (Wildman–Crippen LogP) is 2.46. The number of nitrogens with one attached hydrogen (secondary N) is 1. The molecule has 2 aromatic rings. The van der Waals surface area contributed by atoms with Crippen molar-refractivity contribution >= 4 is 11.8 Å². The lowest BCUT2D eigenvalue weighted by Crippen LogP contribution is -2.68. The summed E-state index contributed by atoms with van der Waals surface area (Å²) in [5.74, 6) is 0.137. The van der Waals surface area contributed by atoms with Crippen LogP contribution in [0.5, 0.6) is 0 Å². The van der Waals surface area contributed by atoms with Gasteiger partial charge in [0.05, 0.1) is 5.54 Å². The van der Waals surface area contributed by atoms with Crippen molar-refractivity contribution in [3.8, 4) is 11.1 Å². The Kier molecular flexibility index (Phi) is 3.18. The van der Waals surface area contributed by atoms with Crippen molar-refractivity contribution < 1.29 is 9.59 Å². The van der Waals surface area contributed by atoms with Gasteiger partial charge in [0.2, 0.25) is 5.91 Å². The van der Waals surface area contributed by atoms with Crippen molar-refractivity contribution in [3.05, 3.63) is 60.2 Å². The summed E-state index contributed by atoms with van der Waals surface area (Å²) in [5, 5.41) is 3.01. The number of rotatable bonds is 2. The van der Waals surface area contributed by atoms with Gasteiger partial charge < -0.3 is 10.2 Å². The van der Waals surface area contributed by atoms with Crippen molar-refractivity contribution in [2.45, 2.75) is 18.4 Å². The average molecular weight is 306 g/mol. The van der Waals surface area contributed by atoms with E-state index in [1.54, 1.807) is 0 Å². The largest absolute Gasteiger partial charge is 0.347 e. The second-order valence-electron chi connectivity index (χ2n) is 6.44. The van der Waals surface area contributed by atoms with Crippen molar-refractivity contribution in [1.29, 1.82) is 0 Å². The molecule has 2 amide bonds. The molecule has 4 nitrogen and oxygen atoms in total. The van der Waals surface area contributed by atoms with Gasteiger partial charge in [0, 0.05) is 25.1 Å². The monoisotopic (exact) mass is 306 g/mol. The molecule has 0 radical (unpaired) electrons. The van der Waals surface area contributed by atoms with Crippen LogP contribution in [0.4, 0.5) is 0 Å². The second-order valence-corrected chi connectivity index (χ2v) is 6.44. The van der Waals surface area contributed by atoms with Gasteiger partial charge in [0.25, 0.3) is 5.91 Å². The zero-order valence-corrected chi connectivity index (χ0v) is 12.8. The van der Waals surface area contributed by atoms with Crippen LogP contribution in [0.1, 0.15) is 23.2 Å². The Labute approximate surface area is 135 Å². The van der Waals surface area contributed by atoms with E-state index in [1.807, 2.05) is 59.5 Å². The number of carbonyl (C=O) groups excluding carboxylic acids is 2. The van der Waals surface area contributed by atoms with E-state index >= 15 is 0 Å². The van der Waals surface area contributed by atoms with Crippen LogP contribution in [0.3, 0.4) is 0 Å². The van der Waals surface area contributed by atoms with E-state index in [-0.39, 0.29) is 17.4 Å². The predicted molar refractivity (Wildman–Crippen MR) is 87.9 cm³/mol. The van der Waals surface area contributed by atoms with Gasteiger partial charge >= 0.3 is 0 Å². The summed E-state index contributed by atoms with van der Waals surface area (Å²) in [6.45, 7) is 1.24. The number of nitrogens with zero attached hydrogens (tertiary/aromatic N) is 1. The van der Waals surface area contributed by atoms with Crippen LogP contribution in [-0.4, -0.2) is 35.3 Å². The van der Waals surface area contributed by atoms with Gasteiger partial charge in [-0.05, 0) is 29.7 Å². The molecule has 4 rings (SSSR count). The fourth-order valence-corrected chi connectivity index (χ4v) is 3.48. The number of carbonyl (C=O) groups is 2. The van der Waals surface area contributed by atoms with Crippen LogP contribution in [0.15, 0.2) is 54.6 Å². The first-order valence-electron chi connectivity index (χ1n) is 7.91. The van der Waals surface area contributed by atoms with Crippen molar-refractivity contribution in [3.63, 3.8) is 0 Å². The smallest absolute Gasteiger partial charge is 0.254 e. The fraction of sp³-hybridized carbons (Fsp3) is 0.263. The van der Waals surface area contributed by atoms with Gasteiger partial charge in [0.15, 0.2) is 0 Å². The first-order valence-corrected chi connectivity index (χ1v) is 7.91. The molecule has 116 valence electrons. The molecule has 2 heterocycles. The van der Waals surface area contributed by atoms with Crippen LogP contribution >= 0.6 is 0 Å². The molecule has 4 heteroatoms. The Hall–Kier alpha value is -2.62. The lowest BCUT2D eigenvalue weighted by atomic mass is 9.87. The highest BCUT2D eigenvalue weighted by Crippen LogP contribution is 2.32. The first-order chi connectivity index (χ1) is 11.2. The van der Waals surface area contributed by atoms with Crippen LogP contribution in [0.25, 0.3) is 11.1 Å². The summed E-state index contributed by atoms with van der Waals surface area (Å²) < 4.78 is 0. The maximum absolute atomic E-state index is 12.6. The molecule has 2 aliphatic rings. The molecule has 1 spiro atoms. The molecule has 0 unspecified atom stereocenters. The number of benzene rings is 2. The molecule has 2 aromatic carbocycles. The van der Waals surface area contributed by atoms with Crippen LogP contribution in [0.2, 0.25) is 0 Å². The van der Waals surface area contributed by atoms with Crippen molar-refractivity contribution in [2.24, 2.45) is 0 Å². The van der Waals surface area contributed by atoms with Gasteiger partial charge in [-0.2, -0.15) is 0 Å². The summed E-state index contributed by atoms with van der Waals surface area (Å²) in [6, 6.07) is 17.8. The van der Waals surface area contributed by atoms with Gasteiger partial charge in [-0.25, -0.2) is 0 Å². The first kappa shape index (κ1) is 14.0. The quantitative estimate of drug-likeness (QED) is 0.926. The number of hydrogen-bond acceptors (Lipinski definition) is 2. The molecule has 2 aliphatic heterocycles. The number of likely N-dealkylation sites (tertiary alicyclic amines) is 1. The number of amides is 2. The molecular formula is C19H18N2O2. The third-order valence-corrected chi connectivity index (χ3v) is 4.73. The van der Waals surface area contributed by atoms with Crippen LogP contribution < -0.4 is 5.32 Å². The maximum atomic E-state index is 12.6. The minimum Gasteiger partial charge on any atom is -0.347 e. The average Bonchev–Trinajstić information content (AvgIpc) is 2.96. The summed E-state index contributed by atoms with van der Waals surface area (Å²) in [4.78, 5) is 25.8. The Morgan fingerprint density at radius 1 is 1.00 bits per heavy atom. The Bertz CT molecular complexity index is 764. The molecular weight excluding hydrogens is 288 g/mol. The number of hydrogen-bond donors (Lipinski definition) is 1. The zero-order valence-electron chi connectivity index (χ0n) is 12.8. The maximum Gasteiger partial charge on any atom is 0.254 e. The van der Waals surface area contributed by atoms with Gasteiger partial charge in [-0.15, -0.1) is 0 Å². The highest BCUT2D eigenvalue weighted by atomic mass is 16.2. The van der Waals surface area contributed by atoms with Gasteiger partial charge in [-0.1, -0.05) is 42.5 Å². The van der Waals surface area contributed by atoms with Crippen LogP contribution in [-0.2, 0) is 4.79 Å². The Balaban J connectivity index is 1.51. The molecule has 0 aliphatic carbocycles. The highest BCUT2D eigenvalue weighted by Gasteiger charge is 2.49. The zero-order chi connectivity index (χ0) is 15.9. The SMILES string of the molecule is O=C1CCC2(CN(C(=O)c3cccc(-c4ccccc4)c3)C2)N1. The lowest BCUT2D eigenvalue weighted by molar-refractivity contribution is -0.120. The van der Waals surface area contributed by atoms with E-state index < -0.39 is 0 Å². The van der Waals surface area contributed by atoms with E-state index in [1.165, 1.54) is 0 Å². The van der Waals surface area contributed by atoms with E-state index in [4.69, 9.17) is 0 Å². The van der Waals surface area contributed by atoms with E-state index in [2.05, 4.69) is 5.32 Å². The highest BCUT2D eigenvalue weighted by molar-refractivity contribution is 5.96. The summed E-state index contributed by atoms with van der Waals surface area (Å²) >= 11 is 0. The molecule has 2 saturated heterocycles. The van der Waals surface area contributed by atoms with E-state index in [9.17, 15) is 9.59 Å². The van der Waals surface area contributed by atoms with Crippen molar-refractivity contribution in [2.75, 3.05) is 13.1 Å². The molecule has 0 aromatic heterocycles. The third kappa shape index (κ3) is 2.50. The molecule has 2 fully saturated rings. The topological polar surface area (TPSA) is 49.4 Å². The minimum atomic E-state index is -0.163. The van der Waals surface area contributed by atoms with Crippen LogP contribution in [0, 0.1) is 0 Å². The molecule has 0 atom stereocenters. The third-order valence-electron chi connectivity index (χ3n) is 4.73. The fourth-order valence-electron chi connectivity index (χ4n) is 3.48. The normalized spacial score (nSPS) is 18.6. The van der Waals surface area contributed by atoms with E-state index in [0.717, 1.165) is 17.5 Å². The lowest BCUT2D eigenvalue weighted by Gasteiger charge is -2.47. The molecule has 0 saturated carbocycles. The minimum absolute atomic E-state index is 0.0366. The Morgan fingerprint density at radius 3 is 2.43 bits per heavy atom. The van der Waals surface area contributed by atoms with Crippen molar-refractivity contribution in [1.82, 2.24) is 10.2 Å². The summed E-state index contributed by atoms with van der Waals surface area (Å²) in [5.41, 5.74) is 2.68. The van der Waals surface area contributed by atoms with Gasteiger partial charge in [0.1, 0.15) is 0 Å². The molecule has 0 bridgehead atoms. The molecule has 1 N–H and O–H groups in total. The Morgan fingerprint density at radius 2 is 1.74 bits per heavy atom. The second kappa shape index (κ2) is 5.23. The summed E-state index contributed by atoms with van der Waals surface area (Å²) in [7, 11) is 0. The summed E-state index contributed by atoms with van der Waals surface area (Å²) in [6.07, 6.45) is 1.41.